The van der Waals surface area contributed by atoms with E-state index in [1.807, 2.05) is 32.9 Å². The summed E-state index contributed by atoms with van der Waals surface area (Å²) >= 11 is 0. The molecule has 2 aromatic heterocycles. The molecule has 0 fully saturated rings. The van der Waals surface area contributed by atoms with Gasteiger partial charge in [-0.05, 0) is 32.9 Å². The van der Waals surface area contributed by atoms with Crippen LogP contribution in [0.4, 0.5) is 10.5 Å². The Balaban J connectivity index is 1.90. The molecule has 1 atom stereocenters. The first kappa shape index (κ1) is 13.2. The summed E-state index contributed by atoms with van der Waals surface area (Å²) < 4.78 is 7.20. The average molecular weight is 262 g/mol. The fourth-order valence-electron chi connectivity index (χ4n) is 1.72. The quantitative estimate of drug-likeness (QED) is 0.889. The first-order chi connectivity index (χ1) is 9.08. The molecule has 0 aliphatic heterocycles. The molecule has 0 aliphatic carbocycles. The number of furan rings is 1. The average Bonchev–Trinajstić information content (AvgIpc) is 2.97. The highest BCUT2D eigenvalue weighted by molar-refractivity contribution is 5.89. The van der Waals surface area contributed by atoms with Gasteiger partial charge in [0.15, 0.2) is 0 Å². The molecular weight excluding hydrogens is 244 g/mol. The Morgan fingerprint density at radius 2 is 2.32 bits per heavy atom. The van der Waals surface area contributed by atoms with E-state index in [1.54, 1.807) is 17.1 Å². The number of hydrogen-bond donors (Lipinski definition) is 2. The summed E-state index contributed by atoms with van der Waals surface area (Å²) in [6.45, 7) is 6.49. The molecular formula is C13H18N4O2. The van der Waals surface area contributed by atoms with Crippen molar-refractivity contribution in [1.82, 2.24) is 15.1 Å². The monoisotopic (exact) mass is 262 g/mol. The van der Waals surface area contributed by atoms with Gasteiger partial charge in [-0.2, -0.15) is 5.10 Å². The Bertz CT molecular complexity index is 558. The molecule has 19 heavy (non-hydrogen) atoms. The van der Waals surface area contributed by atoms with Crippen molar-refractivity contribution in [2.45, 2.75) is 33.4 Å². The van der Waals surface area contributed by atoms with E-state index >= 15 is 0 Å². The minimum Gasteiger partial charge on any atom is -0.464 e. The topological polar surface area (TPSA) is 72.1 Å². The molecule has 6 heteroatoms. The molecule has 6 nitrogen and oxygen atoms in total. The van der Waals surface area contributed by atoms with Crippen LogP contribution < -0.4 is 10.6 Å². The number of aromatic nitrogens is 2. The highest BCUT2D eigenvalue weighted by Gasteiger charge is 2.13. The van der Waals surface area contributed by atoms with Gasteiger partial charge in [0.25, 0.3) is 0 Å². The van der Waals surface area contributed by atoms with E-state index in [4.69, 9.17) is 4.42 Å². The van der Waals surface area contributed by atoms with Crippen LogP contribution in [0.1, 0.15) is 31.4 Å². The van der Waals surface area contributed by atoms with Crippen LogP contribution in [0.25, 0.3) is 0 Å². The molecule has 0 aromatic carbocycles. The molecule has 0 aliphatic rings. The van der Waals surface area contributed by atoms with E-state index in [1.165, 1.54) is 0 Å². The van der Waals surface area contributed by atoms with Gasteiger partial charge in [-0.25, -0.2) is 4.79 Å². The number of urea groups is 1. The number of nitrogens with zero attached hydrogens (tertiary/aromatic N) is 2. The van der Waals surface area contributed by atoms with Crippen LogP contribution in [0.15, 0.2) is 28.9 Å². The van der Waals surface area contributed by atoms with Crippen molar-refractivity contribution in [3.8, 4) is 0 Å². The van der Waals surface area contributed by atoms with Crippen molar-refractivity contribution in [3.63, 3.8) is 0 Å². The first-order valence-electron chi connectivity index (χ1n) is 6.24. The molecule has 0 radical (unpaired) electrons. The molecule has 2 N–H and O–H groups in total. The van der Waals surface area contributed by atoms with Gasteiger partial charge in [0.1, 0.15) is 11.5 Å². The third kappa shape index (κ3) is 3.37. The van der Waals surface area contributed by atoms with Crippen molar-refractivity contribution in [3.05, 3.63) is 36.0 Å². The highest BCUT2D eigenvalue weighted by Crippen LogP contribution is 2.15. The lowest BCUT2D eigenvalue weighted by Crippen LogP contribution is -2.30. The zero-order chi connectivity index (χ0) is 13.8. The molecule has 2 amide bonds. The van der Waals surface area contributed by atoms with E-state index < -0.39 is 0 Å². The number of carbonyl (C=O) groups is 1. The molecule has 0 spiro atoms. The predicted octanol–water partition coefficient (Wildman–Crippen LogP) is 2.69. The van der Waals surface area contributed by atoms with Gasteiger partial charge in [0.2, 0.25) is 0 Å². The van der Waals surface area contributed by atoms with Crippen molar-refractivity contribution in [2.75, 3.05) is 5.32 Å². The molecule has 0 unspecified atom stereocenters. The van der Waals surface area contributed by atoms with Crippen LogP contribution in [0, 0.1) is 6.92 Å². The van der Waals surface area contributed by atoms with Crippen molar-refractivity contribution in [1.29, 1.82) is 0 Å². The van der Waals surface area contributed by atoms with Gasteiger partial charge in [0.05, 0.1) is 17.9 Å². The molecule has 0 bridgehead atoms. The lowest BCUT2D eigenvalue weighted by molar-refractivity contribution is 0.247. The highest BCUT2D eigenvalue weighted by atomic mass is 16.3. The summed E-state index contributed by atoms with van der Waals surface area (Å²) in [5.41, 5.74) is 0.669. The Morgan fingerprint density at radius 3 is 2.89 bits per heavy atom. The van der Waals surface area contributed by atoms with E-state index in [2.05, 4.69) is 15.7 Å². The Labute approximate surface area is 111 Å². The van der Waals surface area contributed by atoms with Gasteiger partial charge in [-0.1, -0.05) is 0 Å². The minimum atomic E-state index is -0.280. The van der Waals surface area contributed by atoms with E-state index in [0.717, 1.165) is 18.1 Å². The maximum atomic E-state index is 11.8. The SMILES string of the molecule is CCn1cc(NC(=O)N[C@@H](C)c2ccc(C)o2)cn1. The number of hydrogen-bond acceptors (Lipinski definition) is 3. The van der Waals surface area contributed by atoms with E-state index in [-0.39, 0.29) is 12.1 Å². The van der Waals surface area contributed by atoms with Crippen molar-refractivity contribution >= 4 is 11.7 Å². The third-order valence-electron chi connectivity index (χ3n) is 2.75. The van der Waals surface area contributed by atoms with Crippen LogP contribution in [0.2, 0.25) is 0 Å². The molecule has 2 rings (SSSR count). The molecule has 2 aromatic rings. The van der Waals surface area contributed by atoms with Crippen molar-refractivity contribution < 1.29 is 9.21 Å². The smallest absolute Gasteiger partial charge is 0.319 e. The maximum Gasteiger partial charge on any atom is 0.319 e. The van der Waals surface area contributed by atoms with Gasteiger partial charge >= 0.3 is 6.03 Å². The van der Waals surface area contributed by atoms with Crippen LogP contribution >= 0.6 is 0 Å². The normalized spacial score (nSPS) is 12.2. The van der Waals surface area contributed by atoms with Gasteiger partial charge < -0.3 is 15.1 Å². The van der Waals surface area contributed by atoms with Crippen LogP contribution in [-0.4, -0.2) is 15.8 Å². The second-order valence-electron chi connectivity index (χ2n) is 4.35. The van der Waals surface area contributed by atoms with Crippen LogP contribution in [0.3, 0.4) is 0 Å². The van der Waals surface area contributed by atoms with Crippen LogP contribution in [0.5, 0.6) is 0 Å². The lowest BCUT2D eigenvalue weighted by Gasteiger charge is -2.11. The largest absolute Gasteiger partial charge is 0.464 e. The molecule has 102 valence electrons. The zero-order valence-corrected chi connectivity index (χ0v) is 11.3. The number of aryl methyl sites for hydroxylation is 2. The molecule has 0 saturated carbocycles. The zero-order valence-electron chi connectivity index (χ0n) is 11.3. The predicted molar refractivity (Wildman–Crippen MR) is 71.9 cm³/mol. The number of carbonyl (C=O) groups excluding carboxylic acids is 1. The summed E-state index contributed by atoms with van der Waals surface area (Å²) in [5.74, 6) is 1.56. The van der Waals surface area contributed by atoms with E-state index in [9.17, 15) is 4.79 Å². The van der Waals surface area contributed by atoms with E-state index in [0.29, 0.717) is 5.69 Å². The number of amides is 2. The second kappa shape index (κ2) is 5.60. The Morgan fingerprint density at radius 1 is 1.53 bits per heavy atom. The number of rotatable bonds is 4. The summed E-state index contributed by atoms with van der Waals surface area (Å²) in [7, 11) is 0. The summed E-state index contributed by atoms with van der Waals surface area (Å²) in [5, 5.41) is 9.62. The summed E-state index contributed by atoms with van der Waals surface area (Å²) in [4.78, 5) is 11.8. The first-order valence-corrected chi connectivity index (χ1v) is 6.24. The molecule has 0 saturated heterocycles. The molecule has 2 heterocycles. The van der Waals surface area contributed by atoms with Gasteiger partial charge in [-0.15, -0.1) is 0 Å². The maximum absolute atomic E-state index is 11.8. The van der Waals surface area contributed by atoms with Crippen LogP contribution in [-0.2, 0) is 6.54 Å². The van der Waals surface area contributed by atoms with Gasteiger partial charge in [0, 0.05) is 12.7 Å². The second-order valence-corrected chi connectivity index (χ2v) is 4.35. The Kier molecular flexibility index (Phi) is 3.89. The number of nitrogens with one attached hydrogen (secondary N) is 2. The third-order valence-corrected chi connectivity index (χ3v) is 2.75. The lowest BCUT2D eigenvalue weighted by atomic mass is 10.2. The van der Waals surface area contributed by atoms with Crippen molar-refractivity contribution in [2.24, 2.45) is 0 Å². The fraction of sp³-hybridized carbons (Fsp3) is 0.385. The summed E-state index contributed by atoms with van der Waals surface area (Å²) in [6.07, 6.45) is 3.39. The summed E-state index contributed by atoms with van der Waals surface area (Å²) in [6, 6.07) is 3.26. The standard InChI is InChI=1S/C13H18N4O2/c1-4-17-8-11(7-14-17)16-13(18)15-10(3)12-6-5-9(2)19-12/h5-8,10H,4H2,1-3H3,(H2,15,16,18)/t10-/m0/s1. The fourth-order valence-corrected chi connectivity index (χ4v) is 1.72. The Hall–Kier alpha value is -2.24. The van der Waals surface area contributed by atoms with Gasteiger partial charge in [-0.3, -0.25) is 4.68 Å². The minimum absolute atomic E-state index is 0.185. The number of anilines is 1.